The molecule has 0 aromatic heterocycles. The van der Waals surface area contributed by atoms with Gasteiger partial charge in [-0.2, -0.15) is 0 Å². The van der Waals surface area contributed by atoms with Crippen LogP contribution in [0.1, 0.15) is 25.8 Å². The lowest BCUT2D eigenvalue weighted by molar-refractivity contribution is -0.138. The second-order valence-electron chi connectivity index (χ2n) is 4.96. The average Bonchev–Trinajstić information content (AvgIpc) is 2.24. The van der Waals surface area contributed by atoms with Crippen molar-refractivity contribution in [2.45, 2.75) is 25.8 Å². The average molecular weight is 318 g/mol. The highest BCUT2D eigenvalue weighted by Gasteiger charge is 2.26. The van der Waals surface area contributed by atoms with Gasteiger partial charge in [0.15, 0.2) is 0 Å². The monoisotopic (exact) mass is 317 g/mol. The van der Waals surface area contributed by atoms with Crippen molar-refractivity contribution >= 4 is 33.7 Å². The minimum absolute atomic E-state index is 0.305. The van der Waals surface area contributed by atoms with E-state index in [9.17, 15) is 13.2 Å². The molecular formula is C13H16ClNO4S. The summed E-state index contributed by atoms with van der Waals surface area (Å²) in [6.45, 7) is 3.02. The first-order chi connectivity index (χ1) is 9.10. The number of sulfonamides is 1. The fourth-order valence-corrected chi connectivity index (χ4v) is 2.95. The second kappa shape index (κ2) is 6.39. The van der Waals surface area contributed by atoms with Gasteiger partial charge < -0.3 is 5.11 Å². The third-order valence-electron chi connectivity index (χ3n) is 2.32. The van der Waals surface area contributed by atoms with Gasteiger partial charge in [-0.1, -0.05) is 23.7 Å². The Morgan fingerprint density at radius 2 is 1.90 bits per heavy atom. The fraction of sp³-hybridized carbons (Fsp3) is 0.308. The van der Waals surface area contributed by atoms with Crippen LogP contribution in [-0.2, 0) is 14.8 Å². The highest BCUT2D eigenvalue weighted by Crippen LogP contribution is 2.13. The van der Waals surface area contributed by atoms with Crippen molar-refractivity contribution in [1.82, 2.24) is 4.72 Å². The number of hydrogen-bond donors (Lipinski definition) is 2. The van der Waals surface area contributed by atoms with Crippen LogP contribution in [0.4, 0.5) is 0 Å². The molecule has 110 valence electrons. The Kier molecular flexibility index (Phi) is 5.33. The molecule has 1 rings (SSSR count). The molecular weight excluding hydrogens is 302 g/mol. The SMILES string of the molecule is CC(C)(CC(=O)O)NS(=O)(=O)C=Cc1ccc(Cl)cc1. The summed E-state index contributed by atoms with van der Waals surface area (Å²) < 4.78 is 26.0. The summed E-state index contributed by atoms with van der Waals surface area (Å²) in [4.78, 5) is 10.6. The summed E-state index contributed by atoms with van der Waals surface area (Å²) in [5, 5.41) is 10.3. The quantitative estimate of drug-likeness (QED) is 0.844. The molecule has 0 bridgehead atoms. The maximum Gasteiger partial charge on any atom is 0.305 e. The smallest absolute Gasteiger partial charge is 0.305 e. The van der Waals surface area contributed by atoms with E-state index in [0.29, 0.717) is 10.6 Å². The number of carbonyl (C=O) groups is 1. The summed E-state index contributed by atoms with van der Waals surface area (Å²) in [5.74, 6) is -1.07. The van der Waals surface area contributed by atoms with Crippen molar-refractivity contribution in [3.8, 4) is 0 Å². The van der Waals surface area contributed by atoms with E-state index in [4.69, 9.17) is 16.7 Å². The van der Waals surface area contributed by atoms with Gasteiger partial charge in [0.2, 0.25) is 10.0 Å². The first-order valence-electron chi connectivity index (χ1n) is 5.79. The van der Waals surface area contributed by atoms with Crippen molar-refractivity contribution in [2.24, 2.45) is 0 Å². The van der Waals surface area contributed by atoms with Crippen LogP contribution in [0.5, 0.6) is 0 Å². The number of hydrogen-bond acceptors (Lipinski definition) is 3. The Labute approximate surface area is 123 Å². The summed E-state index contributed by atoms with van der Waals surface area (Å²) >= 11 is 5.73. The maximum absolute atomic E-state index is 11.9. The van der Waals surface area contributed by atoms with Crippen LogP contribution < -0.4 is 4.72 Å². The molecule has 0 unspecified atom stereocenters. The minimum atomic E-state index is -3.72. The molecule has 20 heavy (non-hydrogen) atoms. The number of nitrogens with one attached hydrogen (secondary N) is 1. The normalized spacial score (nSPS) is 12.8. The molecule has 0 saturated heterocycles. The van der Waals surface area contributed by atoms with Gasteiger partial charge in [0, 0.05) is 16.0 Å². The Bertz CT molecular complexity index is 606. The van der Waals surface area contributed by atoms with Gasteiger partial charge in [0.25, 0.3) is 0 Å². The van der Waals surface area contributed by atoms with Crippen molar-refractivity contribution < 1.29 is 18.3 Å². The molecule has 1 aromatic carbocycles. The fourth-order valence-electron chi connectivity index (χ4n) is 1.58. The zero-order chi connectivity index (χ0) is 15.4. The standard InChI is InChI=1S/C13H16ClNO4S/c1-13(2,9-12(16)17)15-20(18,19)8-7-10-3-5-11(14)6-4-10/h3-8,15H,9H2,1-2H3,(H,16,17). The van der Waals surface area contributed by atoms with Crippen LogP contribution >= 0.6 is 11.6 Å². The number of aliphatic carboxylic acids is 1. The van der Waals surface area contributed by atoms with Gasteiger partial charge in [-0.05, 0) is 37.6 Å². The molecule has 0 heterocycles. The van der Waals surface area contributed by atoms with Crippen LogP contribution in [-0.4, -0.2) is 25.0 Å². The highest BCUT2D eigenvalue weighted by atomic mass is 35.5. The van der Waals surface area contributed by atoms with E-state index in [0.717, 1.165) is 5.41 Å². The lowest BCUT2D eigenvalue weighted by Crippen LogP contribution is -2.43. The van der Waals surface area contributed by atoms with E-state index in [2.05, 4.69) is 4.72 Å². The van der Waals surface area contributed by atoms with Crippen molar-refractivity contribution in [2.75, 3.05) is 0 Å². The zero-order valence-electron chi connectivity index (χ0n) is 11.1. The van der Waals surface area contributed by atoms with E-state index in [1.165, 1.54) is 19.9 Å². The predicted octanol–water partition coefficient (Wildman–Crippen LogP) is 2.48. The molecule has 0 aliphatic carbocycles. The molecule has 5 nitrogen and oxygen atoms in total. The highest BCUT2D eigenvalue weighted by molar-refractivity contribution is 7.92. The third kappa shape index (κ3) is 6.18. The summed E-state index contributed by atoms with van der Waals surface area (Å²) in [6.07, 6.45) is 1.11. The van der Waals surface area contributed by atoms with Crippen LogP contribution in [0, 0.1) is 0 Å². The molecule has 0 aliphatic rings. The van der Waals surface area contributed by atoms with Gasteiger partial charge in [-0.25, -0.2) is 13.1 Å². The molecule has 2 N–H and O–H groups in total. The van der Waals surface area contributed by atoms with E-state index in [-0.39, 0.29) is 6.42 Å². The number of halogens is 1. The van der Waals surface area contributed by atoms with Gasteiger partial charge in [0.1, 0.15) is 0 Å². The van der Waals surface area contributed by atoms with E-state index < -0.39 is 21.5 Å². The Morgan fingerprint density at radius 3 is 2.40 bits per heavy atom. The third-order valence-corrected chi connectivity index (χ3v) is 3.90. The zero-order valence-corrected chi connectivity index (χ0v) is 12.7. The summed E-state index contributed by atoms with van der Waals surface area (Å²) in [7, 11) is -3.72. The van der Waals surface area contributed by atoms with Crippen molar-refractivity contribution in [3.05, 3.63) is 40.3 Å². The lowest BCUT2D eigenvalue weighted by atomic mass is 10.0. The molecule has 0 aliphatic heterocycles. The molecule has 1 aromatic rings. The van der Waals surface area contributed by atoms with Gasteiger partial charge in [-0.3, -0.25) is 4.79 Å². The summed E-state index contributed by atoms with van der Waals surface area (Å²) in [6, 6.07) is 6.65. The molecule has 0 saturated carbocycles. The topological polar surface area (TPSA) is 83.5 Å². The Morgan fingerprint density at radius 1 is 1.35 bits per heavy atom. The molecule has 0 amide bonds. The molecule has 0 fully saturated rings. The van der Waals surface area contributed by atoms with E-state index in [1.807, 2.05) is 0 Å². The first-order valence-corrected chi connectivity index (χ1v) is 7.71. The van der Waals surface area contributed by atoms with E-state index in [1.54, 1.807) is 24.3 Å². The number of benzene rings is 1. The molecule has 0 spiro atoms. The Hall–Kier alpha value is -1.37. The van der Waals surface area contributed by atoms with Gasteiger partial charge >= 0.3 is 5.97 Å². The van der Waals surface area contributed by atoms with E-state index >= 15 is 0 Å². The molecule has 0 atom stereocenters. The maximum atomic E-state index is 11.9. The number of carboxylic acid groups (broad SMARTS) is 1. The van der Waals surface area contributed by atoms with Crippen LogP contribution in [0.25, 0.3) is 6.08 Å². The van der Waals surface area contributed by atoms with Crippen LogP contribution in [0.15, 0.2) is 29.7 Å². The first kappa shape index (κ1) is 16.7. The van der Waals surface area contributed by atoms with Gasteiger partial charge in [0.05, 0.1) is 6.42 Å². The predicted molar refractivity (Wildman–Crippen MR) is 78.9 cm³/mol. The Balaban J connectivity index is 2.79. The van der Waals surface area contributed by atoms with Crippen molar-refractivity contribution in [1.29, 1.82) is 0 Å². The molecule has 0 radical (unpaired) electrons. The number of carboxylic acids is 1. The van der Waals surface area contributed by atoms with Crippen molar-refractivity contribution in [3.63, 3.8) is 0 Å². The van der Waals surface area contributed by atoms with Crippen LogP contribution in [0.2, 0.25) is 5.02 Å². The molecule has 7 heteroatoms. The lowest BCUT2D eigenvalue weighted by Gasteiger charge is -2.22. The minimum Gasteiger partial charge on any atom is -0.481 e. The largest absolute Gasteiger partial charge is 0.481 e. The second-order valence-corrected chi connectivity index (χ2v) is 6.96. The number of rotatable bonds is 6. The summed E-state index contributed by atoms with van der Waals surface area (Å²) in [5.41, 5.74) is -0.384. The van der Waals surface area contributed by atoms with Gasteiger partial charge in [-0.15, -0.1) is 0 Å². The van der Waals surface area contributed by atoms with Crippen LogP contribution in [0.3, 0.4) is 0 Å².